The van der Waals surface area contributed by atoms with Crippen LogP contribution in [0.15, 0.2) is 24.3 Å². The zero-order chi connectivity index (χ0) is 20.1. The number of piperidine rings is 1. The van der Waals surface area contributed by atoms with Gasteiger partial charge in [-0.1, -0.05) is 24.6 Å². The molecule has 1 unspecified atom stereocenters. The van der Waals surface area contributed by atoms with E-state index in [1.165, 1.54) is 0 Å². The second-order valence-corrected chi connectivity index (χ2v) is 7.91. The van der Waals surface area contributed by atoms with Crippen LogP contribution in [0.2, 0.25) is 0 Å². The first-order valence-corrected chi connectivity index (χ1v) is 10.4. The van der Waals surface area contributed by atoms with Crippen molar-refractivity contribution in [3.8, 4) is 0 Å². The van der Waals surface area contributed by atoms with Crippen molar-refractivity contribution in [2.75, 3.05) is 39.3 Å². The van der Waals surface area contributed by atoms with Crippen molar-refractivity contribution in [1.29, 1.82) is 0 Å². The van der Waals surface area contributed by atoms with E-state index in [0.717, 1.165) is 31.4 Å². The summed E-state index contributed by atoms with van der Waals surface area (Å²) in [6, 6.07) is 7.61. The largest absolute Gasteiger partial charge is 0.342 e. The van der Waals surface area contributed by atoms with Crippen molar-refractivity contribution in [3.63, 3.8) is 0 Å². The van der Waals surface area contributed by atoms with Gasteiger partial charge in [0.1, 0.15) is 0 Å². The van der Waals surface area contributed by atoms with Gasteiger partial charge in [-0.3, -0.25) is 14.4 Å². The first kappa shape index (κ1) is 20.4. The van der Waals surface area contributed by atoms with E-state index in [1.807, 2.05) is 52.8 Å². The molecule has 1 aromatic rings. The van der Waals surface area contributed by atoms with Crippen LogP contribution in [-0.2, 0) is 9.59 Å². The van der Waals surface area contributed by atoms with Crippen molar-refractivity contribution in [3.05, 3.63) is 35.4 Å². The number of nitrogens with zero attached hydrogens (tertiary/aromatic N) is 3. The van der Waals surface area contributed by atoms with Crippen LogP contribution >= 0.6 is 0 Å². The Labute approximate surface area is 167 Å². The summed E-state index contributed by atoms with van der Waals surface area (Å²) in [4.78, 5) is 43.3. The topological polar surface area (TPSA) is 60.9 Å². The molecular formula is C22H31N3O3. The van der Waals surface area contributed by atoms with Gasteiger partial charge in [0.15, 0.2) is 0 Å². The van der Waals surface area contributed by atoms with Gasteiger partial charge >= 0.3 is 0 Å². The molecule has 0 radical (unpaired) electrons. The predicted octanol–water partition coefficient (Wildman–Crippen LogP) is 2.32. The maximum atomic E-state index is 12.9. The summed E-state index contributed by atoms with van der Waals surface area (Å²) in [7, 11) is 0. The predicted molar refractivity (Wildman–Crippen MR) is 108 cm³/mol. The van der Waals surface area contributed by atoms with Crippen LogP contribution in [0.1, 0.15) is 48.5 Å². The van der Waals surface area contributed by atoms with Crippen LogP contribution in [0.3, 0.4) is 0 Å². The molecule has 0 N–H and O–H groups in total. The summed E-state index contributed by atoms with van der Waals surface area (Å²) < 4.78 is 0. The Morgan fingerprint density at radius 1 is 0.929 bits per heavy atom. The number of aryl methyl sites for hydroxylation is 1. The molecule has 2 aliphatic heterocycles. The first-order valence-electron chi connectivity index (χ1n) is 10.4. The fourth-order valence-corrected chi connectivity index (χ4v) is 4.04. The highest BCUT2D eigenvalue weighted by atomic mass is 16.2. The molecule has 2 saturated heterocycles. The molecule has 1 atom stereocenters. The van der Waals surface area contributed by atoms with E-state index in [2.05, 4.69) is 0 Å². The number of rotatable bonds is 4. The number of carbonyl (C=O) groups excluding carboxylic acids is 3. The molecule has 3 amide bonds. The lowest BCUT2D eigenvalue weighted by atomic mass is 9.95. The Morgan fingerprint density at radius 2 is 1.57 bits per heavy atom. The lowest BCUT2D eigenvalue weighted by Crippen LogP contribution is -2.54. The summed E-state index contributed by atoms with van der Waals surface area (Å²) in [6.07, 6.45) is 3.13. The highest BCUT2D eigenvalue weighted by Crippen LogP contribution is 2.21. The molecule has 6 nitrogen and oxygen atoms in total. The smallest absolute Gasteiger partial charge is 0.253 e. The van der Waals surface area contributed by atoms with E-state index >= 15 is 0 Å². The fourth-order valence-electron chi connectivity index (χ4n) is 4.04. The summed E-state index contributed by atoms with van der Waals surface area (Å²) >= 11 is 0. The molecule has 2 fully saturated rings. The van der Waals surface area contributed by atoms with E-state index in [1.54, 1.807) is 0 Å². The highest BCUT2D eigenvalue weighted by molar-refractivity contribution is 5.94. The Kier molecular flexibility index (Phi) is 6.70. The lowest BCUT2D eigenvalue weighted by molar-refractivity contribution is -0.142. The van der Waals surface area contributed by atoms with Crippen molar-refractivity contribution in [2.24, 2.45) is 5.92 Å². The third-order valence-electron chi connectivity index (χ3n) is 5.76. The highest BCUT2D eigenvalue weighted by Gasteiger charge is 2.33. The molecule has 0 bridgehead atoms. The molecule has 0 spiro atoms. The number of carbonyl (C=O) groups is 3. The molecule has 3 rings (SSSR count). The zero-order valence-electron chi connectivity index (χ0n) is 17.0. The monoisotopic (exact) mass is 385 g/mol. The van der Waals surface area contributed by atoms with Crippen LogP contribution in [-0.4, -0.2) is 71.7 Å². The van der Waals surface area contributed by atoms with Crippen LogP contribution in [0, 0.1) is 12.8 Å². The average Bonchev–Trinajstić information content (AvgIpc) is 2.73. The van der Waals surface area contributed by atoms with Crippen molar-refractivity contribution in [1.82, 2.24) is 14.7 Å². The molecule has 0 aromatic heterocycles. The second-order valence-electron chi connectivity index (χ2n) is 7.91. The van der Waals surface area contributed by atoms with E-state index in [9.17, 15) is 14.4 Å². The number of piperazine rings is 1. The van der Waals surface area contributed by atoms with Gasteiger partial charge < -0.3 is 14.7 Å². The van der Waals surface area contributed by atoms with Gasteiger partial charge in [-0.25, -0.2) is 0 Å². The van der Waals surface area contributed by atoms with Crippen LogP contribution in [0.4, 0.5) is 0 Å². The van der Waals surface area contributed by atoms with Gasteiger partial charge in [0.05, 0.1) is 5.92 Å². The molecule has 2 aliphatic rings. The quantitative estimate of drug-likeness (QED) is 0.799. The molecule has 6 heteroatoms. The maximum Gasteiger partial charge on any atom is 0.253 e. The average molecular weight is 386 g/mol. The standard InChI is InChI=1S/C22H31N3O3/c1-3-5-20(26)25-11-4-6-19(16-25)22(28)24-14-12-23(13-15-24)21(27)18-9-7-17(2)8-10-18/h7-10,19H,3-6,11-16H2,1-2H3. The lowest BCUT2D eigenvalue weighted by Gasteiger charge is -2.39. The minimum Gasteiger partial charge on any atom is -0.342 e. The van der Waals surface area contributed by atoms with E-state index < -0.39 is 0 Å². The van der Waals surface area contributed by atoms with Crippen molar-refractivity contribution in [2.45, 2.75) is 39.5 Å². The summed E-state index contributed by atoms with van der Waals surface area (Å²) in [5.74, 6) is 0.222. The van der Waals surface area contributed by atoms with E-state index in [0.29, 0.717) is 44.7 Å². The third-order valence-corrected chi connectivity index (χ3v) is 5.76. The van der Waals surface area contributed by atoms with Crippen LogP contribution in [0.25, 0.3) is 0 Å². The van der Waals surface area contributed by atoms with Gasteiger partial charge in [0, 0.05) is 51.3 Å². The second kappa shape index (κ2) is 9.22. The molecule has 0 saturated carbocycles. The van der Waals surface area contributed by atoms with Crippen molar-refractivity contribution >= 4 is 17.7 Å². The van der Waals surface area contributed by atoms with Gasteiger partial charge in [-0.15, -0.1) is 0 Å². The minimum absolute atomic E-state index is 0.0288. The molecule has 28 heavy (non-hydrogen) atoms. The number of benzene rings is 1. The normalized spacial score (nSPS) is 20.2. The Bertz CT molecular complexity index is 708. The maximum absolute atomic E-state index is 12.9. The SMILES string of the molecule is CCCC(=O)N1CCCC(C(=O)N2CCN(C(=O)c3ccc(C)cc3)CC2)C1. The van der Waals surface area contributed by atoms with Crippen LogP contribution in [0.5, 0.6) is 0 Å². The summed E-state index contributed by atoms with van der Waals surface area (Å²) in [5.41, 5.74) is 1.83. The van der Waals surface area contributed by atoms with E-state index in [-0.39, 0.29) is 23.6 Å². The van der Waals surface area contributed by atoms with Gasteiger partial charge in [-0.2, -0.15) is 0 Å². The third kappa shape index (κ3) is 4.72. The molecule has 1 aromatic carbocycles. The first-order chi connectivity index (χ1) is 13.5. The molecular weight excluding hydrogens is 354 g/mol. The Balaban J connectivity index is 1.52. The minimum atomic E-state index is -0.103. The summed E-state index contributed by atoms with van der Waals surface area (Å²) in [6.45, 7) is 7.56. The number of amides is 3. The number of hydrogen-bond donors (Lipinski definition) is 0. The molecule has 2 heterocycles. The Hall–Kier alpha value is -2.37. The zero-order valence-corrected chi connectivity index (χ0v) is 17.0. The van der Waals surface area contributed by atoms with Crippen molar-refractivity contribution < 1.29 is 14.4 Å². The Morgan fingerprint density at radius 3 is 2.21 bits per heavy atom. The van der Waals surface area contributed by atoms with Crippen LogP contribution < -0.4 is 0 Å². The van der Waals surface area contributed by atoms with Gasteiger partial charge in [0.2, 0.25) is 11.8 Å². The molecule has 152 valence electrons. The number of likely N-dealkylation sites (tertiary alicyclic amines) is 1. The molecule has 0 aliphatic carbocycles. The number of hydrogen-bond acceptors (Lipinski definition) is 3. The fraction of sp³-hybridized carbons (Fsp3) is 0.591. The van der Waals surface area contributed by atoms with E-state index in [4.69, 9.17) is 0 Å². The van der Waals surface area contributed by atoms with Gasteiger partial charge in [0.25, 0.3) is 5.91 Å². The van der Waals surface area contributed by atoms with Gasteiger partial charge in [-0.05, 0) is 38.3 Å². The summed E-state index contributed by atoms with van der Waals surface area (Å²) in [5, 5.41) is 0.